The van der Waals surface area contributed by atoms with Crippen LogP contribution in [0, 0.1) is 0 Å². The first kappa shape index (κ1) is 12.0. The Morgan fingerprint density at radius 3 is 2.95 bits per heavy atom. The lowest BCUT2D eigenvalue weighted by Gasteiger charge is -2.04. The third-order valence-electron chi connectivity index (χ3n) is 2.39. The second-order valence-electron chi connectivity index (χ2n) is 3.58. The van der Waals surface area contributed by atoms with Gasteiger partial charge in [-0.25, -0.2) is 13.4 Å². The molecule has 0 spiro atoms. The summed E-state index contributed by atoms with van der Waals surface area (Å²) in [5, 5.41) is 3.97. The van der Waals surface area contributed by atoms with Crippen LogP contribution < -0.4 is 4.72 Å². The van der Waals surface area contributed by atoms with E-state index < -0.39 is 10.0 Å². The zero-order valence-electron chi connectivity index (χ0n) is 9.19. The summed E-state index contributed by atoms with van der Waals surface area (Å²) in [6.07, 6.45) is 2.50. The molecule has 0 aliphatic carbocycles. The number of sulfonamides is 1. The number of halogens is 1. The van der Waals surface area contributed by atoms with Gasteiger partial charge in [0.2, 0.25) is 5.13 Å². The lowest BCUT2D eigenvalue weighted by Crippen LogP contribution is -2.12. The summed E-state index contributed by atoms with van der Waals surface area (Å²) in [5.74, 6) is 0. The van der Waals surface area contributed by atoms with Crippen LogP contribution in [-0.2, 0) is 10.0 Å². The predicted molar refractivity (Wildman–Crippen MR) is 67.0 cm³/mol. The van der Waals surface area contributed by atoms with E-state index >= 15 is 0 Å². The number of aromatic nitrogens is 4. The third kappa shape index (κ3) is 2.15. The second-order valence-corrected chi connectivity index (χ2v) is 6.04. The first-order valence-electron chi connectivity index (χ1n) is 5.00. The van der Waals surface area contributed by atoms with Crippen LogP contribution >= 0.6 is 11.5 Å². The maximum absolute atomic E-state index is 13.1. The van der Waals surface area contributed by atoms with Gasteiger partial charge in [-0.05, 0) is 18.2 Å². The molecule has 3 aromatic rings. The lowest BCUT2D eigenvalue weighted by atomic mass is 10.3. The van der Waals surface area contributed by atoms with Crippen molar-refractivity contribution in [3.63, 3.8) is 0 Å². The molecule has 0 aliphatic rings. The highest BCUT2D eigenvalue weighted by Gasteiger charge is 2.17. The average Bonchev–Trinajstić information content (AvgIpc) is 2.99. The summed E-state index contributed by atoms with van der Waals surface area (Å²) in [7, 11) is -3.77. The molecule has 0 fully saturated rings. The van der Waals surface area contributed by atoms with Crippen LogP contribution in [0.3, 0.4) is 0 Å². The molecule has 98 valence electrons. The zero-order chi connectivity index (χ0) is 13.5. The van der Waals surface area contributed by atoms with E-state index in [1.807, 2.05) is 0 Å². The molecule has 0 saturated heterocycles. The van der Waals surface area contributed by atoms with Crippen molar-refractivity contribution >= 4 is 37.6 Å². The standard InChI is InChI=1S/C9H6FN5O2S2/c10-15-8-2-1-7(3-6(8)4-12-15)19(16,17)14-9-11-5-13-18-9/h1-5H,(H,11,13,14). The molecule has 0 saturated carbocycles. The summed E-state index contributed by atoms with van der Waals surface area (Å²) in [6.45, 7) is 0. The molecule has 3 rings (SSSR count). The number of rotatable bonds is 3. The lowest BCUT2D eigenvalue weighted by molar-refractivity contribution is 0.332. The van der Waals surface area contributed by atoms with Crippen LogP contribution in [0.4, 0.5) is 9.61 Å². The molecule has 2 heterocycles. The Hall–Kier alpha value is -2.07. The number of hydrogen-bond acceptors (Lipinski definition) is 6. The second kappa shape index (κ2) is 4.24. The first-order chi connectivity index (χ1) is 9.06. The number of benzene rings is 1. The van der Waals surface area contributed by atoms with Gasteiger partial charge >= 0.3 is 0 Å². The third-order valence-corrected chi connectivity index (χ3v) is 4.44. The van der Waals surface area contributed by atoms with Crippen LogP contribution in [0.1, 0.15) is 0 Å². The minimum Gasteiger partial charge on any atom is -0.253 e. The van der Waals surface area contributed by atoms with Crippen molar-refractivity contribution in [3.05, 3.63) is 30.7 Å². The Balaban J connectivity index is 2.03. The smallest absolute Gasteiger partial charge is 0.253 e. The molecule has 1 aromatic carbocycles. The normalized spacial score (nSPS) is 11.8. The Kier molecular flexibility index (Phi) is 2.68. The number of nitrogens with zero attached hydrogens (tertiary/aromatic N) is 4. The van der Waals surface area contributed by atoms with Crippen molar-refractivity contribution in [1.29, 1.82) is 0 Å². The predicted octanol–water partition coefficient (Wildman–Crippen LogP) is 1.42. The molecular weight excluding hydrogens is 293 g/mol. The fourth-order valence-electron chi connectivity index (χ4n) is 1.54. The number of anilines is 1. The summed E-state index contributed by atoms with van der Waals surface area (Å²) in [5.41, 5.74) is 0.204. The molecule has 0 radical (unpaired) electrons. The van der Waals surface area contributed by atoms with Crippen LogP contribution in [0.2, 0.25) is 0 Å². The zero-order valence-corrected chi connectivity index (χ0v) is 10.8. The van der Waals surface area contributed by atoms with Crippen LogP contribution in [0.5, 0.6) is 0 Å². The van der Waals surface area contributed by atoms with Gasteiger partial charge in [-0.1, -0.05) is 9.39 Å². The monoisotopic (exact) mass is 299 g/mol. The quantitative estimate of drug-likeness (QED) is 0.790. The van der Waals surface area contributed by atoms with Crippen LogP contribution in [0.25, 0.3) is 10.9 Å². The molecule has 0 bridgehead atoms. The fourth-order valence-corrected chi connectivity index (χ4v) is 3.23. The maximum atomic E-state index is 13.1. The molecular formula is C9H6FN5O2S2. The van der Waals surface area contributed by atoms with E-state index in [1.54, 1.807) is 0 Å². The topological polar surface area (TPSA) is 89.8 Å². The molecule has 7 nitrogen and oxygen atoms in total. The minimum atomic E-state index is -3.77. The Labute approximate surface area is 110 Å². The summed E-state index contributed by atoms with van der Waals surface area (Å²) < 4.78 is 43.2. The van der Waals surface area contributed by atoms with Gasteiger partial charge in [-0.3, -0.25) is 4.72 Å². The number of fused-ring (bicyclic) bond motifs is 1. The van der Waals surface area contributed by atoms with Crippen molar-refractivity contribution in [2.45, 2.75) is 4.90 Å². The highest BCUT2D eigenvalue weighted by molar-refractivity contribution is 7.93. The minimum absolute atomic E-state index is 0.00296. The summed E-state index contributed by atoms with van der Waals surface area (Å²) in [6, 6.07) is 3.97. The number of nitrogens with one attached hydrogen (secondary N) is 1. The van der Waals surface area contributed by atoms with Gasteiger partial charge in [0.1, 0.15) is 11.8 Å². The van der Waals surface area contributed by atoms with Crippen molar-refractivity contribution in [1.82, 2.24) is 19.4 Å². The number of hydrogen-bond donors (Lipinski definition) is 1. The van der Waals surface area contributed by atoms with Gasteiger partial charge in [-0.15, -0.1) is 5.10 Å². The van der Waals surface area contributed by atoms with Gasteiger partial charge < -0.3 is 0 Å². The SMILES string of the molecule is O=S(=O)(Nc1ncns1)c1ccc2c(cnn2F)c1. The molecule has 0 atom stereocenters. The first-order valence-corrected chi connectivity index (χ1v) is 7.25. The van der Waals surface area contributed by atoms with E-state index in [1.165, 1.54) is 30.7 Å². The molecule has 0 unspecified atom stereocenters. The van der Waals surface area contributed by atoms with E-state index in [4.69, 9.17) is 0 Å². The Bertz CT molecular complexity index is 828. The molecule has 0 amide bonds. The molecule has 0 aliphatic heterocycles. The van der Waals surface area contributed by atoms with E-state index in [0.717, 1.165) is 11.5 Å². The van der Waals surface area contributed by atoms with E-state index in [-0.39, 0.29) is 20.4 Å². The molecule has 1 N–H and O–H groups in total. The Morgan fingerprint density at radius 1 is 1.37 bits per heavy atom. The fraction of sp³-hybridized carbons (Fsp3) is 0. The van der Waals surface area contributed by atoms with E-state index in [0.29, 0.717) is 5.39 Å². The maximum Gasteiger partial charge on any atom is 0.263 e. The molecule has 10 heteroatoms. The van der Waals surface area contributed by atoms with Gasteiger partial charge in [0.05, 0.1) is 11.1 Å². The van der Waals surface area contributed by atoms with Gasteiger partial charge in [0, 0.05) is 16.9 Å². The summed E-state index contributed by atoms with van der Waals surface area (Å²) in [4.78, 5) is 3.92. The van der Waals surface area contributed by atoms with Crippen LogP contribution in [-0.4, -0.2) is 27.8 Å². The largest absolute Gasteiger partial charge is 0.263 e. The van der Waals surface area contributed by atoms with Gasteiger partial charge in [0.15, 0.2) is 0 Å². The van der Waals surface area contributed by atoms with Crippen molar-refractivity contribution in [2.24, 2.45) is 0 Å². The van der Waals surface area contributed by atoms with Crippen molar-refractivity contribution in [2.75, 3.05) is 4.72 Å². The van der Waals surface area contributed by atoms with Crippen LogP contribution in [0.15, 0.2) is 35.6 Å². The van der Waals surface area contributed by atoms with E-state index in [9.17, 15) is 12.9 Å². The molecule has 19 heavy (non-hydrogen) atoms. The van der Waals surface area contributed by atoms with Gasteiger partial charge in [0.25, 0.3) is 10.0 Å². The highest BCUT2D eigenvalue weighted by Crippen LogP contribution is 2.21. The highest BCUT2D eigenvalue weighted by atomic mass is 32.2. The average molecular weight is 299 g/mol. The van der Waals surface area contributed by atoms with Crippen molar-refractivity contribution < 1.29 is 12.9 Å². The van der Waals surface area contributed by atoms with Gasteiger partial charge in [-0.2, -0.15) is 4.37 Å². The molecule has 2 aromatic heterocycles. The Morgan fingerprint density at radius 2 is 2.21 bits per heavy atom. The van der Waals surface area contributed by atoms with E-state index in [2.05, 4.69) is 19.2 Å². The van der Waals surface area contributed by atoms with Crippen molar-refractivity contribution in [3.8, 4) is 0 Å². The summed E-state index contributed by atoms with van der Waals surface area (Å²) >= 11 is 0.924.